The zero-order valence-electron chi connectivity index (χ0n) is 1.55. The molecular formula is INNiO-. The Morgan fingerprint density at radius 2 is 1.50 bits per heavy atom. The zero-order valence-corrected chi connectivity index (χ0v) is 4.69. The van der Waals surface area contributed by atoms with Gasteiger partial charge in [0.15, 0.2) is 0 Å². The van der Waals surface area contributed by atoms with Crippen LogP contribution in [0.3, 0.4) is 0 Å². The van der Waals surface area contributed by atoms with Crippen molar-refractivity contribution in [1.29, 1.82) is 0 Å². The molecule has 0 saturated heterocycles. The fourth-order valence-corrected chi connectivity index (χ4v) is 0. The van der Waals surface area contributed by atoms with Crippen LogP contribution in [0.1, 0.15) is 0 Å². The molecule has 0 N–H and O–H groups in total. The Kier molecular flexibility index (Phi) is 99.4. The van der Waals surface area contributed by atoms with Gasteiger partial charge in [-0.15, -0.1) is 0 Å². The Morgan fingerprint density at radius 3 is 1.50 bits per heavy atom. The van der Waals surface area contributed by atoms with Gasteiger partial charge in [0.2, 0.25) is 0 Å². The van der Waals surface area contributed by atoms with Gasteiger partial charge < -0.3 is 10.5 Å². The number of hydrogen-bond donors (Lipinski definition) is 0. The molecule has 0 aliphatic carbocycles. The number of nitroso groups, excluding NO2 is 1. The Hall–Kier alpha value is 0.824. The molecule has 0 amide bonds. The van der Waals surface area contributed by atoms with E-state index in [9.17, 15) is 0 Å². The van der Waals surface area contributed by atoms with E-state index in [0.717, 1.165) is 0 Å². The SMILES string of the molecule is [N-]=O.[Ni][I]. The van der Waals surface area contributed by atoms with Crippen molar-refractivity contribution < 1.29 is 12.3 Å². The average Bonchev–Trinajstić information content (AvgIpc) is 1.50. The third-order valence-corrected chi connectivity index (χ3v) is 0. The van der Waals surface area contributed by atoms with Crippen molar-refractivity contribution in [3.8, 4) is 0 Å². The van der Waals surface area contributed by atoms with Crippen LogP contribution < -0.4 is 0 Å². The zero-order chi connectivity index (χ0) is 4.00. The van der Waals surface area contributed by atoms with E-state index in [4.69, 9.17) is 10.5 Å². The first kappa shape index (κ1) is 8.85. The van der Waals surface area contributed by atoms with Gasteiger partial charge in [0.05, 0.1) is 0 Å². The first-order valence-electron chi connectivity index (χ1n) is 0.302. The third-order valence-electron chi connectivity index (χ3n) is 0. The van der Waals surface area contributed by atoms with Crippen LogP contribution in [0.25, 0.3) is 5.59 Å². The summed E-state index contributed by atoms with van der Waals surface area (Å²) in [5.74, 6) is 0. The summed E-state index contributed by atoms with van der Waals surface area (Å²) in [5, 5.41) is 0. The molecule has 0 unspecified atom stereocenters. The second kappa shape index (κ2) is 44.9. The summed E-state index contributed by atoms with van der Waals surface area (Å²) < 4.78 is 0. The Labute approximate surface area is 43.3 Å². The van der Waals surface area contributed by atoms with Gasteiger partial charge in [-0.2, -0.15) is 0 Å². The van der Waals surface area contributed by atoms with Crippen LogP contribution in [-0.2, 0) is 12.3 Å². The summed E-state index contributed by atoms with van der Waals surface area (Å²) in [6, 6.07) is 0. The van der Waals surface area contributed by atoms with Gasteiger partial charge in [0.25, 0.3) is 0 Å². The van der Waals surface area contributed by atoms with E-state index in [2.05, 4.69) is 12.3 Å². The maximum atomic E-state index is 7.25. The van der Waals surface area contributed by atoms with E-state index in [1.807, 2.05) is 0 Å². The van der Waals surface area contributed by atoms with E-state index in [0.29, 0.717) is 0 Å². The first-order chi connectivity index (χ1) is 2.00. The van der Waals surface area contributed by atoms with Crippen molar-refractivity contribution in [2.45, 2.75) is 0 Å². The van der Waals surface area contributed by atoms with Crippen molar-refractivity contribution >= 4 is 20.5 Å². The normalized spacial score (nSPS) is 2.75. The van der Waals surface area contributed by atoms with Gasteiger partial charge in [-0.05, 0) is 0 Å². The molecule has 0 aromatic heterocycles. The fraction of sp³-hybridized carbons (Fsp3) is 0. The van der Waals surface area contributed by atoms with Crippen LogP contribution in [0.2, 0.25) is 0 Å². The monoisotopic (exact) mass is 215 g/mol. The minimum absolute atomic E-state index is 1.78. The van der Waals surface area contributed by atoms with E-state index < -0.39 is 0 Å². The Bertz CT molecular complexity index is 8.00. The molecule has 0 aliphatic rings. The first-order valence-corrected chi connectivity index (χ1v) is 3.49. The van der Waals surface area contributed by atoms with Crippen molar-refractivity contribution in [3.63, 3.8) is 0 Å². The summed E-state index contributed by atoms with van der Waals surface area (Å²) in [4.78, 5) is 7.25. The van der Waals surface area contributed by atoms with Crippen LogP contribution in [0, 0.1) is 4.91 Å². The standard InChI is InChI=1S/HI.NO.Ni/c;1-2;/h1H;;/q;-1;+1/p-1. The Morgan fingerprint density at radius 1 is 1.50 bits per heavy atom. The molecule has 0 heterocycles. The number of nitrogens with zero attached hydrogens (tertiary/aromatic N) is 1. The molecule has 0 aliphatic heterocycles. The summed E-state index contributed by atoms with van der Waals surface area (Å²) in [6.45, 7) is 0. The van der Waals surface area contributed by atoms with Crippen LogP contribution in [0.5, 0.6) is 0 Å². The molecule has 29 valence electrons. The molecular weight excluding hydrogens is 216 g/mol. The molecule has 0 spiro atoms. The van der Waals surface area contributed by atoms with Crippen LogP contribution in [0.15, 0.2) is 0 Å². The van der Waals surface area contributed by atoms with Gasteiger partial charge in [-0.3, -0.25) is 0 Å². The van der Waals surface area contributed by atoms with E-state index in [1.165, 1.54) is 0 Å². The third kappa shape index (κ3) is 13.8. The summed E-state index contributed by atoms with van der Waals surface area (Å²) >= 11 is 5.62. The van der Waals surface area contributed by atoms with Gasteiger partial charge in [-0.1, -0.05) is 0 Å². The maximum absolute atomic E-state index is 7.25. The predicted molar refractivity (Wildman–Crippen MR) is 20.7 cm³/mol. The van der Waals surface area contributed by atoms with Crippen molar-refractivity contribution in [2.75, 3.05) is 0 Å². The van der Waals surface area contributed by atoms with Crippen LogP contribution >= 0.6 is 20.5 Å². The molecule has 4 heavy (non-hydrogen) atoms. The fourth-order valence-electron chi connectivity index (χ4n) is 0. The molecule has 4 heteroatoms. The van der Waals surface area contributed by atoms with Crippen molar-refractivity contribution in [2.24, 2.45) is 0 Å². The van der Waals surface area contributed by atoms with E-state index >= 15 is 0 Å². The molecule has 0 fully saturated rings. The number of hydrogen-bond acceptors (Lipinski definition) is 1. The molecule has 0 rings (SSSR count). The molecule has 0 atom stereocenters. The molecule has 0 bridgehead atoms. The summed E-state index contributed by atoms with van der Waals surface area (Å²) in [7, 11) is 0. The van der Waals surface area contributed by atoms with Crippen molar-refractivity contribution in [3.05, 3.63) is 10.5 Å². The topological polar surface area (TPSA) is 39.4 Å². The Balaban J connectivity index is 0. The van der Waals surface area contributed by atoms with Gasteiger partial charge in [0.1, 0.15) is 0 Å². The molecule has 2 nitrogen and oxygen atoms in total. The van der Waals surface area contributed by atoms with Gasteiger partial charge in [-0.25, -0.2) is 0 Å². The number of halogens is 1. The minimum atomic E-state index is 1.78. The molecule has 0 aromatic rings. The van der Waals surface area contributed by atoms with E-state index in [1.54, 1.807) is 20.5 Å². The molecule has 0 radical (unpaired) electrons. The molecule has 0 aromatic carbocycles. The van der Waals surface area contributed by atoms with Crippen molar-refractivity contribution in [1.82, 2.24) is 0 Å². The van der Waals surface area contributed by atoms with E-state index in [-0.39, 0.29) is 0 Å². The predicted octanol–water partition coefficient (Wildman–Crippen LogP) is 1.21. The molecule has 0 saturated carbocycles. The van der Waals surface area contributed by atoms with Crippen LogP contribution in [-0.4, -0.2) is 0 Å². The number of rotatable bonds is 0. The quantitative estimate of drug-likeness (QED) is 0.442. The van der Waals surface area contributed by atoms with Gasteiger partial charge >= 0.3 is 32.8 Å². The van der Waals surface area contributed by atoms with Crippen LogP contribution in [0.4, 0.5) is 0 Å². The summed E-state index contributed by atoms with van der Waals surface area (Å²) in [6.07, 6.45) is 0. The second-order valence-corrected chi connectivity index (χ2v) is 0. The second-order valence-electron chi connectivity index (χ2n) is 0. The summed E-state index contributed by atoms with van der Waals surface area (Å²) in [5.41, 5.74) is 5.75. The average molecular weight is 216 g/mol. The van der Waals surface area contributed by atoms with Gasteiger partial charge in [0, 0.05) is 0 Å².